The van der Waals surface area contributed by atoms with Gasteiger partial charge in [-0.25, -0.2) is 4.98 Å². The van der Waals surface area contributed by atoms with Crippen LogP contribution in [-0.2, 0) is 31.9 Å². The molecule has 4 nitrogen and oxygen atoms in total. The molecule has 6 aromatic rings. The van der Waals surface area contributed by atoms with Crippen LogP contribution in [0.25, 0.3) is 0 Å². The maximum Gasteiger partial charge on any atom is 2.00 e. The van der Waals surface area contributed by atoms with Gasteiger partial charge in [0.25, 0.3) is 0 Å². The predicted molar refractivity (Wildman–Crippen MR) is 230 cm³/mol. The molecule has 0 saturated heterocycles. The first kappa shape index (κ1) is 39.8. The molecule has 0 aliphatic carbocycles. The number of nitrogens with zero attached hydrogens (tertiary/aromatic N) is 3. The van der Waals surface area contributed by atoms with Crippen LogP contribution in [0.2, 0.25) is 0 Å². The number of ether oxygens (including phenoxy) is 1. The number of thioether (sulfide) groups is 1. The molecule has 1 aromatic heterocycles. The first-order valence-electron chi connectivity index (χ1n) is 19.4. The molecule has 0 fully saturated rings. The molecular formula is C50H49N3OPtS. The minimum Gasteiger partial charge on any atom is -0.503 e. The minimum atomic E-state index is -0.231. The molecule has 2 aliphatic heterocycles. The molecular weight excluding hydrogens is 886 g/mol. The topological polar surface area (TPSA) is 37.7 Å². The molecule has 0 radical (unpaired) electrons. The second-order valence-electron chi connectivity index (χ2n) is 16.8. The summed E-state index contributed by atoms with van der Waals surface area (Å²) in [4.78, 5) is 12.6. The third kappa shape index (κ3) is 7.78. The quantitative estimate of drug-likeness (QED) is 0.143. The Morgan fingerprint density at radius 1 is 0.786 bits per heavy atom. The van der Waals surface area contributed by atoms with E-state index in [-0.39, 0.29) is 43.9 Å². The summed E-state index contributed by atoms with van der Waals surface area (Å²) >= 11 is 1.81. The standard InChI is InChI=1S/C50H49N3OS.Pt/c1-32(2)36-26-37(48-52-44(31-55-48)46(34-16-11-9-12-17-34)35-18-13-10-14-19-35)28-41(27-36)54-40-25-33(3)24-39(30-40)53-45-22-21-38(49(4,5)6)29-43(45)50(7,8)42-20-15-23-51-47(42)53;/h9-27,29,32,44,46H,31H2,1-8H3;/q-2;+2/t44-;/m0./s1. The molecule has 0 spiro atoms. The normalized spacial score (nSPS) is 15.9. The van der Waals surface area contributed by atoms with Gasteiger partial charge in [0.05, 0.1) is 6.04 Å². The van der Waals surface area contributed by atoms with E-state index in [1.807, 2.05) is 24.0 Å². The van der Waals surface area contributed by atoms with E-state index in [1.165, 1.54) is 33.4 Å². The van der Waals surface area contributed by atoms with E-state index in [1.54, 1.807) is 0 Å². The fourth-order valence-corrected chi connectivity index (χ4v) is 9.02. The average molecular weight is 935 g/mol. The Morgan fingerprint density at radius 2 is 1.46 bits per heavy atom. The Bertz CT molecular complexity index is 2340. The van der Waals surface area contributed by atoms with Crippen molar-refractivity contribution in [2.45, 2.75) is 84.1 Å². The molecule has 5 aromatic carbocycles. The summed E-state index contributed by atoms with van der Waals surface area (Å²) in [7, 11) is 0. The molecule has 0 amide bonds. The Hall–Kier alpha value is -4.44. The predicted octanol–water partition coefficient (Wildman–Crippen LogP) is 13.0. The second kappa shape index (κ2) is 15.8. The van der Waals surface area contributed by atoms with Crippen LogP contribution >= 0.6 is 11.8 Å². The van der Waals surface area contributed by atoms with Crippen molar-refractivity contribution >= 4 is 34.0 Å². The smallest absolute Gasteiger partial charge is 0.503 e. The Morgan fingerprint density at radius 3 is 2.12 bits per heavy atom. The molecule has 56 heavy (non-hydrogen) atoms. The van der Waals surface area contributed by atoms with Gasteiger partial charge in [-0.15, -0.1) is 35.4 Å². The molecule has 0 bridgehead atoms. The number of fused-ring (bicyclic) bond motifs is 2. The van der Waals surface area contributed by atoms with Crippen molar-refractivity contribution in [3.05, 3.63) is 178 Å². The van der Waals surface area contributed by atoms with Crippen molar-refractivity contribution in [1.29, 1.82) is 0 Å². The first-order chi connectivity index (χ1) is 26.4. The van der Waals surface area contributed by atoms with Gasteiger partial charge < -0.3 is 14.6 Å². The van der Waals surface area contributed by atoms with Crippen LogP contribution in [-0.4, -0.2) is 21.8 Å². The fraction of sp³-hybridized carbons (Fsp3) is 0.280. The molecule has 2 aliphatic rings. The zero-order valence-corrected chi connectivity index (χ0v) is 36.5. The van der Waals surface area contributed by atoms with Crippen LogP contribution in [0.3, 0.4) is 0 Å². The average Bonchev–Trinajstić information content (AvgIpc) is 3.65. The zero-order chi connectivity index (χ0) is 38.5. The van der Waals surface area contributed by atoms with Crippen molar-refractivity contribution in [2.24, 2.45) is 4.99 Å². The van der Waals surface area contributed by atoms with E-state index in [9.17, 15) is 0 Å². The maximum atomic E-state index is 6.75. The van der Waals surface area contributed by atoms with E-state index in [4.69, 9.17) is 14.7 Å². The third-order valence-electron chi connectivity index (χ3n) is 11.0. The van der Waals surface area contributed by atoms with E-state index in [0.29, 0.717) is 17.4 Å². The van der Waals surface area contributed by atoms with E-state index in [2.05, 4.69) is 182 Å². The van der Waals surface area contributed by atoms with Crippen LogP contribution in [0.4, 0.5) is 17.2 Å². The van der Waals surface area contributed by atoms with Crippen LogP contribution < -0.4 is 9.64 Å². The van der Waals surface area contributed by atoms with Gasteiger partial charge in [-0.1, -0.05) is 152 Å². The van der Waals surface area contributed by atoms with Gasteiger partial charge in [-0.3, -0.25) is 0 Å². The summed E-state index contributed by atoms with van der Waals surface area (Å²) in [6, 6.07) is 48.7. The van der Waals surface area contributed by atoms with Crippen molar-refractivity contribution in [1.82, 2.24) is 4.98 Å². The largest absolute Gasteiger partial charge is 2.00 e. The van der Waals surface area contributed by atoms with Gasteiger partial charge in [0.15, 0.2) is 0 Å². The van der Waals surface area contributed by atoms with E-state index in [0.717, 1.165) is 39.1 Å². The fourth-order valence-electron chi connectivity index (χ4n) is 7.95. The Labute approximate surface area is 352 Å². The molecule has 0 saturated carbocycles. The number of benzene rings is 5. The number of aromatic nitrogens is 1. The van der Waals surface area contributed by atoms with Crippen LogP contribution in [0.5, 0.6) is 11.5 Å². The van der Waals surface area contributed by atoms with Crippen molar-refractivity contribution < 1.29 is 25.8 Å². The number of pyridine rings is 1. The van der Waals surface area contributed by atoms with Crippen LogP contribution in [0, 0.1) is 19.1 Å². The minimum absolute atomic E-state index is 0. The van der Waals surface area contributed by atoms with E-state index < -0.39 is 0 Å². The van der Waals surface area contributed by atoms with Gasteiger partial charge in [0.1, 0.15) is 5.82 Å². The summed E-state index contributed by atoms with van der Waals surface area (Å²) in [5.41, 5.74) is 11.4. The first-order valence-corrected chi connectivity index (χ1v) is 20.4. The summed E-state index contributed by atoms with van der Waals surface area (Å²) in [6.07, 6.45) is 1.88. The maximum absolute atomic E-state index is 6.75. The zero-order valence-electron chi connectivity index (χ0n) is 33.5. The summed E-state index contributed by atoms with van der Waals surface area (Å²) < 4.78 is 6.75. The molecule has 0 unspecified atom stereocenters. The van der Waals surface area contributed by atoms with Gasteiger partial charge >= 0.3 is 21.1 Å². The number of anilines is 3. The summed E-state index contributed by atoms with van der Waals surface area (Å²) in [5.74, 6) is 3.59. The molecule has 8 rings (SSSR count). The number of hydrogen-bond donors (Lipinski definition) is 0. The second-order valence-corrected chi connectivity index (χ2v) is 17.8. The number of hydrogen-bond acceptors (Lipinski definition) is 5. The molecule has 6 heteroatoms. The molecule has 0 N–H and O–H groups in total. The summed E-state index contributed by atoms with van der Waals surface area (Å²) in [6.45, 7) is 18.0. The van der Waals surface area contributed by atoms with Crippen molar-refractivity contribution in [3.8, 4) is 11.5 Å². The van der Waals surface area contributed by atoms with E-state index >= 15 is 0 Å². The monoisotopic (exact) mass is 934 g/mol. The Balaban J connectivity index is 0.00000480. The van der Waals surface area contributed by atoms with Gasteiger partial charge in [0.2, 0.25) is 0 Å². The third-order valence-corrected chi connectivity index (χ3v) is 12.1. The van der Waals surface area contributed by atoms with Crippen molar-refractivity contribution in [3.63, 3.8) is 0 Å². The van der Waals surface area contributed by atoms with Crippen molar-refractivity contribution in [2.75, 3.05) is 10.7 Å². The number of rotatable bonds is 8. The van der Waals surface area contributed by atoms with Gasteiger partial charge in [-0.05, 0) is 45.7 Å². The molecule has 1 atom stereocenters. The Kier molecular flexibility index (Phi) is 11.2. The van der Waals surface area contributed by atoms with Gasteiger partial charge in [-0.2, -0.15) is 17.3 Å². The summed E-state index contributed by atoms with van der Waals surface area (Å²) in [5, 5.41) is 1.01. The number of aryl methyl sites for hydroxylation is 1. The van der Waals surface area contributed by atoms with Crippen LogP contribution in [0.15, 0.2) is 126 Å². The van der Waals surface area contributed by atoms with Gasteiger partial charge in [0, 0.05) is 51.1 Å². The SMILES string of the molecule is Cc1cc(Oc2[c-]c(C3=N[C@H](C(c4ccccc4)c4ccccc4)CS3)cc(C(C)C)c2)[c-]c(N2c3ccc(C(C)(C)C)cc3C(C)(C)c3cccnc32)c1.[Pt+2]. The van der Waals surface area contributed by atoms with Crippen LogP contribution in [0.1, 0.15) is 105 Å². The molecule has 3 heterocycles. The molecule has 286 valence electrons. The number of aliphatic imine (C=N–C) groups is 1.